The quantitative estimate of drug-likeness (QED) is 0.607. The predicted molar refractivity (Wildman–Crippen MR) is 123 cm³/mol. The van der Waals surface area contributed by atoms with Crippen LogP contribution in [-0.2, 0) is 14.8 Å². The molecular formula is C22H33N4O5S+. The molecule has 2 N–H and O–H groups in total. The van der Waals surface area contributed by atoms with Crippen LogP contribution in [-0.4, -0.2) is 82.6 Å². The summed E-state index contributed by atoms with van der Waals surface area (Å²) < 4.78 is 43.7. The highest BCUT2D eigenvalue weighted by Gasteiger charge is 2.44. The Morgan fingerprint density at radius 1 is 1.34 bits per heavy atom. The van der Waals surface area contributed by atoms with E-state index in [0.717, 1.165) is 30.7 Å². The third-order valence-corrected chi connectivity index (χ3v) is 7.74. The summed E-state index contributed by atoms with van der Waals surface area (Å²) in [5.41, 5.74) is 7.00. The van der Waals surface area contributed by atoms with Crippen molar-refractivity contribution in [2.24, 2.45) is 5.73 Å². The minimum Gasteiger partial charge on any atom is -0.491 e. The molecule has 0 aliphatic carbocycles. The molecule has 0 saturated carbocycles. The molecule has 3 aliphatic heterocycles. The molecule has 32 heavy (non-hydrogen) atoms. The summed E-state index contributed by atoms with van der Waals surface area (Å²) in [6.45, 7) is 3.24. The van der Waals surface area contributed by atoms with E-state index < -0.39 is 10.0 Å². The lowest BCUT2D eigenvalue weighted by molar-refractivity contribution is 0.134. The van der Waals surface area contributed by atoms with Crippen LogP contribution >= 0.6 is 0 Å². The highest BCUT2D eigenvalue weighted by Crippen LogP contribution is 2.38. The van der Waals surface area contributed by atoms with E-state index in [1.165, 1.54) is 6.26 Å². The molecule has 0 aromatic carbocycles. The van der Waals surface area contributed by atoms with Crippen LogP contribution in [0.15, 0.2) is 36.1 Å². The van der Waals surface area contributed by atoms with Gasteiger partial charge in [-0.15, -0.1) is 0 Å². The monoisotopic (exact) mass is 465 g/mol. The number of rotatable bonds is 7. The van der Waals surface area contributed by atoms with Gasteiger partial charge in [-0.05, 0) is 18.6 Å². The minimum absolute atomic E-state index is 0.00790. The molecule has 10 heteroatoms. The van der Waals surface area contributed by atoms with Crippen molar-refractivity contribution in [1.82, 2.24) is 13.8 Å². The van der Waals surface area contributed by atoms with Crippen LogP contribution in [0.5, 0.6) is 11.6 Å². The number of ether oxygens (including phenoxy) is 3. The summed E-state index contributed by atoms with van der Waals surface area (Å²) in [6, 6.07) is 3.83. The number of sulfonamides is 1. The van der Waals surface area contributed by atoms with Crippen LogP contribution in [0.25, 0.3) is 0 Å². The summed E-state index contributed by atoms with van der Waals surface area (Å²) in [5.74, 6) is 1.79. The van der Waals surface area contributed by atoms with Gasteiger partial charge in [-0.2, -0.15) is 9.29 Å². The van der Waals surface area contributed by atoms with Crippen molar-refractivity contribution < 1.29 is 22.6 Å². The molecule has 3 unspecified atom stereocenters. The molecule has 3 aliphatic rings. The first kappa shape index (κ1) is 23.2. The number of piperidine rings is 1. The topological polar surface area (TPSA) is 104 Å². The SMILES string of the molecule is COc1ccc([N+]2(C3CCCN(S(C)(=O)=O)C3)C=C(CN)C=CC2)nc1OC1CCOC1. The average Bonchev–Trinajstić information content (AvgIpc) is 3.31. The van der Waals surface area contributed by atoms with Crippen LogP contribution in [0.4, 0.5) is 5.82 Å². The number of hydrogen-bond acceptors (Lipinski definition) is 7. The number of aromatic nitrogens is 1. The molecule has 4 rings (SSSR count). The Morgan fingerprint density at radius 2 is 2.19 bits per heavy atom. The minimum atomic E-state index is -3.28. The molecule has 0 amide bonds. The van der Waals surface area contributed by atoms with Crippen molar-refractivity contribution in [2.75, 3.05) is 52.8 Å². The van der Waals surface area contributed by atoms with Crippen molar-refractivity contribution in [1.29, 1.82) is 0 Å². The van der Waals surface area contributed by atoms with Gasteiger partial charge in [-0.1, -0.05) is 6.08 Å². The molecule has 3 atom stereocenters. The van der Waals surface area contributed by atoms with Gasteiger partial charge in [0.25, 0.3) is 5.88 Å². The predicted octanol–water partition coefficient (Wildman–Crippen LogP) is 1.40. The van der Waals surface area contributed by atoms with E-state index in [4.69, 9.17) is 24.9 Å². The highest BCUT2D eigenvalue weighted by molar-refractivity contribution is 7.88. The van der Waals surface area contributed by atoms with Crippen LogP contribution in [0, 0.1) is 0 Å². The molecule has 2 saturated heterocycles. The zero-order valence-electron chi connectivity index (χ0n) is 18.8. The molecular weight excluding hydrogens is 432 g/mol. The summed E-state index contributed by atoms with van der Waals surface area (Å²) in [6.07, 6.45) is 9.96. The van der Waals surface area contributed by atoms with E-state index in [9.17, 15) is 8.42 Å². The molecule has 4 heterocycles. The fourth-order valence-electron chi connectivity index (χ4n) is 4.74. The summed E-state index contributed by atoms with van der Waals surface area (Å²) >= 11 is 0. The van der Waals surface area contributed by atoms with E-state index >= 15 is 0 Å². The lowest BCUT2D eigenvalue weighted by Gasteiger charge is -2.45. The average molecular weight is 466 g/mol. The summed E-state index contributed by atoms with van der Waals surface area (Å²) in [7, 11) is -1.68. The van der Waals surface area contributed by atoms with Gasteiger partial charge in [0.1, 0.15) is 24.9 Å². The second kappa shape index (κ2) is 9.48. The van der Waals surface area contributed by atoms with Crippen molar-refractivity contribution >= 4 is 15.8 Å². The normalized spacial score (nSPS) is 29.0. The zero-order valence-corrected chi connectivity index (χ0v) is 19.6. The molecule has 2 fully saturated rings. The first-order chi connectivity index (χ1) is 15.4. The largest absolute Gasteiger partial charge is 0.491 e. The van der Waals surface area contributed by atoms with Crippen LogP contribution in [0.3, 0.4) is 0 Å². The smallest absolute Gasteiger partial charge is 0.262 e. The molecule has 1 aromatic rings. The van der Waals surface area contributed by atoms with Gasteiger partial charge in [0.15, 0.2) is 5.75 Å². The van der Waals surface area contributed by atoms with Gasteiger partial charge in [0, 0.05) is 37.6 Å². The molecule has 176 valence electrons. The maximum absolute atomic E-state index is 12.3. The Kier molecular flexibility index (Phi) is 6.87. The van der Waals surface area contributed by atoms with Gasteiger partial charge in [-0.3, -0.25) is 0 Å². The maximum Gasteiger partial charge on any atom is 0.262 e. The fourth-order valence-corrected chi connectivity index (χ4v) is 5.65. The van der Waals surface area contributed by atoms with Crippen molar-refractivity contribution in [3.05, 3.63) is 36.1 Å². The third kappa shape index (κ3) is 4.69. The summed E-state index contributed by atoms with van der Waals surface area (Å²) in [4.78, 5) is 4.92. The van der Waals surface area contributed by atoms with Crippen molar-refractivity contribution in [3.8, 4) is 11.6 Å². The van der Waals surface area contributed by atoms with E-state index in [1.54, 1.807) is 11.4 Å². The Labute approximate surface area is 190 Å². The van der Waals surface area contributed by atoms with Crippen molar-refractivity contribution in [2.45, 2.75) is 31.4 Å². The van der Waals surface area contributed by atoms with Gasteiger partial charge < -0.3 is 19.9 Å². The second-order valence-corrected chi connectivity index (χ2v) is 10.6. The zero-order chi connectivity index (χ0) is 22.8. The number of nitrogens with two attached hydrogens (primary N) is 1. The standard InChI is InChI=1S/C22H33N4O5S/c1-29-20-7-8-21(24-22(20)31-19-9-12-30-16-19)26(11-4-5-17(13-23)15-26)18-6-3-10-25(14-18)32(2,27)28/h4-5,7-8,15,18-19H,3,6,9-14,16,23H2,1-2H3/q+1. The Bertz CT molecular complexity index is 990. The lowest BCUT2D eigenvalue weighted by Crippen LogP contribution is -2.60. The Balaban J connectivity index is 1.75. The van der Waals surface area contributed by atoms with Crippen LogP contribution in [0.2, 0.25) is 0 Å². The van der Waals surface area contributed by atoms with Crippen molar-refractivity contribution in [3.63, 3.8) is 0 Å². The number of methoxy groups -OCH3 is 1. The Hall–Kier alpha value is -1.98. The summed E-state index contributed by atoms with van der Waals surface area (Å²) in [5, 5.41) is 0. The molecule has 9 nitrogen and oxygen atoms in total. The van der Waals surface area contributed by atoms with E-state index in [0.29, 0.717) is 55.5 Å². The Morgan fingerprint density at radius 3 is 2.88 bits per heavy atom. The molecule has 0 radical (unpaired) electrons. The maximum atomic E-state index is 12.3. The number of quaternary nitrogens is 1. The highest BCUT2D eigenvalue weighted by atomic mass is 32.2. The van der Waals surface area contributed by atoms with E-state index in [-0.39, 0.29) is 12.1 Å². The van der Waals surface area contributed by atoms with Crippen LogP contribution < -0.4 is 19.7 Å². The van der Waals surface area contributed by atoms with Crippen LogP contribution in [0.1, 0.15) is 19.3 Å². The third-order valence-electron chi connectivity index (χ3n) is 6.47. The fraction of sp³-hybridized carbons (Fsp3) is 0.591. The number of nitrogens with zero attached hydrogens (tertiary/aromatic N) is 3. The van der Waals surface area contributed by atoms with E-state index in [2.05, 4.69) is 12.3 Å². The number of hydrogen-bond donors (Lipinski definition) is 1. The molecule has 0 bridgehead atoms. The molecule has 0 spiro atoms. The van der Waals surface area contributed by atoms with Gasteiger partial charge >= 0.3 is 0 Å². The second-order valence-electron chi connectivity index (χ2n) is 8.62. The first-order valence-corrected chi connectivity index (χ1v) is 12.9. The number of pyridine rings is 1. The first-order valence-electron chi connectivity index (χ1n) is 11.1. The van der Waals surface area contributed by atoms with Gasteiger partial charge in [-0.25, -0.2) is 12.9 Å². The van der Waals surface area contributed by atoms with Gasteiger partial charge in [0.2, 0.25) is 15.8 Å². The van der Waals surface area contributed by atoms with E-state index in [1.807, 2.05) is 18.2 Å². The molecule has 1 aromatic heterocycles. The van der Waals surface area contributed by atoms with Gasteiger partial charge in [0.05, 0.1) is 33.1 Å². The lowest BCUT2D eigenvalue weighted by atomic mass is 10.00.